The molecule has 1 aromatic carbocycles. The van der Waals surface area contributed by atoms with Gasteiger partial charge in [-0.2, -0.15) is 0 Å². The zero-order valence-corrected chi connectivity index (χ0v) is 20.1. The van der Waals surface area contributed by atoms with Crippen molar-refractivity contribution in [1.29, 1.82) is 0 Å². The minimum atomic E-state index is -1.29. The zero-order chi connectivity index (χ0) is 25.7. The summed E-state index contributed by atoms with van der Waals surface area (Å²) in [5.41, 5.74) is 15.9. The highest BCUT2D eigenvalue weighted by molar-refractivity contribution is 5.90. The maximum atomic E-state index is 12.9. The molecule has 4 atom stereocenters. The average molecular weight is 478 g/mol. The number of primary amides is 2. The number of amides is 4. The average Bonchev–Trinajstić information content (AvgIpc) is 3.48. The van der Waals surface area contributed by atoms with Gasteiger partial charge in [0, 0.05) is 31.6 Å². The first kappa shape index (κ1) is 29.1. The number of benzene rings is 1. The normalized spacial score (nSPS) is 20.8. The quantitative estimate of drug-likeness (QED) is 0.416. The van der Waals surface area contributed by atoms with Gasteiger partial charge in [-0.25, -0.2) is 0 Å². The highest BCUT2D eigenvalue weighted by Gasteiger charge is 2.41. The van der Waals surface area contributed by atoms with E-state index in [9.17, 15) is 19.5 Å². The van der Waals surface area contributed by atoms with Gasteiger partial charge in [0.15, 0.2) is 0 Å². The third kappa shape index (κ3) is 8.75. The summed E-state index contributed by atoms with van der Waals surface area (Å²) in [5.74, 6) is -0.647. The van der Waals surface area contributed by atoms with Crippen LogP contribution in [0.2, 0.25) is 0 Å². The molecule has 0 saturated carbocycles. The first-order chi connectivity index (χ1) is 16.2. The van der Waals surface area contributed by atoms with Crippen LogP contribution < -0.4 is 17.2 Å². The molecule has 4 amide bonds. The van der Waals surface area contributed by atoms with E-state index < -0.39 is 24.1 Å². The van der Waals surface area contributed by atoms with Crippen LogP contribution in [0.15, 0.2) is 30.3 Å². The van der Waals surface area contributed by atoms with Crippen LogP contribution in [0.1, 0.15) is 51.5 Å². The Hall–Kier alpha value is -2.98. The second-order valence-electron chi connectivity index (χ2n) is 8.47. The summed E-state index contributed by atoms with van der Waals surface area (Å²) in [5, 5.41) is 10.5. The summed E-state index contributed by atoms with van der Waals surface area (Å²) in [6.07, 6.45) is 3.29. The van der Waals surface area contributed by atoms with Crippen LogP contribution in [0.5, 0.6) is 0 Å². The van der Waals surface area contributed by atoms with Crippen molar-refractivity contribution in [3.8, 4) is 0 Å². The monoisotopic (exact) mass is 477 g/mol. The van der Waals surface area contributed by atoms with Crippen molar-refractivity contribution >= 4 is 24.1 Å². The SMILES string of the molecule is CC1CCCN1C(=O)[C@@H]1CCCN1C(=O)[C@@H](O)[C@H](N)Cc1ccccc1.CCC(N)=O.NC=O. The molecule has 1 unspecified atom stereocenters. The number of carbonyl (C=O) groups is 4. The van der Waals surface area contributed by atoms with Crippen LogP contribution >= 0.6 is 0 Å². The summed E-state index contributed by atoms with van der Waals surface area (Å²) in [6.45, 7) is 5.04. The Morgan fingerprint density at radius 1 is 1.12 bits per heavy atom. The standard InChI is InChI=1S/C20H29N3O3.C3H7NO.CH3NO/c1-14-7-5-11-22(14)19(25)17-10-6-12-23(17)20(26)18(24)16(21)13-15-8-3-2-4-9-15;1-2-3(4)5;2-1-3/h2-4,8-9,14,16-18,24H,5-7,10-13,21H2,1H3;2H2,1H3,(H2,4,5);1H,(H2,2,3)/t14?,16-,17+,18+;;/m1../s1. The van der Waals surface area contributed by atoms with Crippen molar-refractivity contribution < 1.29 is 24.3 Å². The van der Waals surface area contributed by atoms with E-state index in [0.717, 1.165) is 31.4 Å². The largest absolute Gasteiger partial charge is 0.382 e. The molecule has 34 heavy (non-hydrogen) atoms. The molecule has 7 N–H and O–H groups in total. The second-order valence-corrected chi connectivity index (χ2v) is 8.47. The van der Waals surface area contributed by atoms with E-state index in [0.29, 0.717) is 25.8 Å². The van der Waals surface area contributed by atoms with Crippen LogP contribution in [0.25, 0.3) is 0 Å². The number of carbonyl (C=O) groups excluding carboxylic acids is 4. The van der Waals surface area contributed by atoms with Crippen LogP contribution in [0, 0.1) is 0 Å². The number of rotatable bonds is 6. The maximum Gasteiger partial charge on any atom is 0.253 e. The van der Waals surface area contributed by atoms with Gasteiger partial charge in [-0.05, 0) is 44.6 Å². The van der Waals surface area contributed by atoms with Crippen molar-refractivity contribution in [2.24, 2.45) is 17.2 Å². The van der Waals surface area contributed by atoms with E-state index in [1.807, 2.05) is 35.2 Å². The first-order valence-corrected chi connectivity index (χ1v) is 11.7. The smallest absolute Gasteiger partial charge is 0.253 e. The molecule has 10 nitrogen and oxygen atoms in total. The van der Waals surface area contributed by atoms with Gasteiger partial charge in [-0.3, -0.25) is 19.2 Å². The Labute approximate surface area is 201 Å². The van der Waals surface area contributed by atoms with Gasteiger partial charge in [0.25, 0.3) is 5.91 Å². The number of nitrogens with two attached hydrogens (primary N) is 3. The van der Waals surface area contributed by atoms with Gasteiger partial charge in [0.2, 0.25) is 18.2 Å². The summed E-state index contributed by atoms with van der Waals surface area (Å²) in [4.78, 5) is 47.3. The van der Waals surface area contributed by atoms with E-state index in [2.05, 4.69) is 18.4 Å². The number of hydrogen-bond acceptors (Lipinski definition) is 6. The molecule has 1 aromatic rings. The highest BCUT2D eigenvalue weighted by Crippen LogP contribution is 2.25. The van der Waals surface area contributed by atoms with Gasteiger partial charge >= 0.3 is 0 Å². The minimum Gasteiger partial charge on any atom is -0.382 e. The molecule has 0 aromatic heterocycles. The van der Waals surface area contributed by atoms with Gasteiger partial charge in [0.1, 0.15) is 12.1 Å². The fourth-order valence-electron chi connectivity index (χ4n) is 4.09. The molecule has 10 heteroatoms. The number of aliphatic hydroxyl groups excluding tert-OH is 1. The predicted octanol–water partition coefficient (Wildman–Crippen LogP) is -0.0976. The molecule has 3 rings (SSSR count). The topological polar surface area (TPSA) is 173 Å². The Morgan fingerprint density at radius 3 is 2.15 bits per heavy atom. The highest BCUT2D eigenvalue weighted by atomic mass is 16.3. The van der Waals surface area contributed by atoms with E-state index in [-0.39, 0.29) is 24.3 Å². The Kier molecular flexibility index (Phi) is 12.8. The molecule has 2 fully saturated rings. The van der Waals surface area contributed by atoms with E-state index in [4.69, 9.17) is 10.5 Å². The fourth-order valence-corrected chi connectivity index (χ4v) is 4.09. The Bertz CT molecular complexity index is 791. The number of nitrogens with zero attached hydrogens (tertiary/aromatic N) is 2. The number of likely N-dealkylation sites (tertiary alicyclic amines) is 2. The molecular formula is C24H39N5O5. The molecule has 0 bridgehead atoms. The zero-order valence-electron chi connectivity index (χ0n) is 20.1. The maximum absolute atomic E-state index is 12.9. The molecule has 2 aliphatic heterocycles. The summed E-state index contributed by atoms with van der Waals surface area (Å²) in [7, 11) is 0. The third-order valence-electron chi connectivity index (χ3n) is 5.98. The fraction of sp³-hybridized carbons (Fsp3) is 0.583. The summed E-state index contributed by atoms with van der Waals surface area (Å²) in [6, 6.07) is 8.66. The predicted molar refractivity (Wildman–Crippen MR) is 129 cm³/mol. The van der Waals surface area contributed by atoms with Crippen molar-refractivity contribution in [3.63, 3.8) is 0 Å². The summed E-state index contributed by atoms with van der Waals surface area (Å²) >= 11 is 0. The third-order valence-corrected chi connectivity index (χ3v) is 5.98. The van der Waals surface area contributed by atoms with Crippen LogP contribution in [0.4, 0.5) is 0 Å². The molecule has 0 radical (unpaired) electrons. The Morgan fingerprint density at radius 2 is 1.65 bits per heavy atom. The molecule has 2 heterocycles. The lowest BCUT2D eigenvalue weighted by Crippen LogP contribution is -2.54. The van der Waals surface area contributed by atoms with Crippen molar-refractivity contribution in [2.75, 3.05) is 13.1 Å². The van der Waals surface area contributed by atoms with Crippen LogP contribution in [-0.2, 0) is 25.6 Å². The van der Waals surface area contributed by atoms with Crippen molar-refractivity contribution in [2.45, 2.75) is 76.6 Å². The van der Waals surface area contributed by atoms with Gasteiger partial charge in [0.05, 0.1) is 0 Å². The van der Waals surface area contributed by atoms with E-state index >= 15 is 0 Å². The van der Waals surface area contributed by atoms with E-state index in [1.165, 1.54) is 0 Å². The first-order valence-electron chi connectivity index (χ1n) is 11.7. The molecule has 2 saturated heterocycles. The molecular weight excluding hydrogens is 438 g/mol. The molecule has 2 aliphatic rings. The number of hydrogen-bond donors (Lipinski definition) is 4. The summed E-state index contributed by atoms with van der Waals surface area (Å²) < 4.78 is 0. The van der Waals surface area contributed by atoms with Crippen molar-refractivity contribution in [1.82, 2.24) is 9.80 Å². The number of aliphatic hydroxyl groups is 1. The molecule has 0 spiro atoms. The second kappa shape index (κ2) is 15.0. The van der Waals surface area contributed by atoms with Crippen LogP contribution in [0.3, 0.4) is 0 Å². The molecule has 190 valence electrons. The van der Waals surface area contributed by atoms with E-state index in [1.54, 1.807) is 11.8 Å². The lowest BCUT2D eigenvalue weighted by molar-refractivity contribution is -0.149. The minimum absolute atomic E-state index is 0.0182. The lowest BCUT2D eigenvalue weighted by Gasteiger charge is -2.32. The Balaban J connectivity index is 0.000000629. The van der Waals surface area contributed by atoms with Crippen LogP contribution in [-0.4, -0.2) is 76.4 Å². The van der Waals surface area contributed by atoms with Gasteiger partial charge in [-0.15, -0.1) is 0 Å². The lowest BCUT2D eigenvalue weighted by atomic mass is 10.0. The van der Waals surface area contributed by atoms with Gasteiger partial charge in [-0.1, -0.05) is 37.3 Å². The van der Waals surface area contributed by atoms with Crippen molar-refractivity contribution in [3.05, 3.63) is 35.9 Å². The molecule has 0 aliphatic carbocycles. The van der Waals surface area contributed by atoms with Gasteiger partial charge < -0.3 is 32.1 Å².